The van der Waals surface area contributed by atoms with E-state index in [-0.39, 0.29) is 0 Å². The van der Waals surface area contributed by atoms with E-state index >= 15 is 0 Å². The smallest absolute Gasteiger partial charge is 0.218 e. The van der Waals surface area contributed by atoms with Crippen molar-refractivity contribution in [3.63, 3.8) is 0 Å². The van der Waals surface area contributed by atoms with Gasteiger partial charge in [-0.2, -0.15) is 0 Å². The fraction of sp³-hybridized carbons (Fsp3) is 0.636. The van der Waals surface area contributed by atoms with Crippen LogP contribution in [0.2, 0.25) is 0 Å². The molecule has 2 N–H and O–H groups in total. The summed E-state index contributed by atoms with van der Waals surface area (Å²) in [5.41, 5.74) is 0. The third kappa shape index (κ3) is 3.83. The van der Waals surface area contributed by atoms with E-state index in [0.29, 0.717) is 18.5 Å². The molecule has 0 spiro atoms. The van der Waals surface area contributed by atoms with Crippen LogP contribution in [0, 0.1) is 0 Å². The van der Waals surface area contributed by atoms with Gasteiger partial charge in [-0.1, -0.05) is 0 Å². The zero-order valence-corrected chi connectivity index (χ0v) is 9.98. The largest absolute Gasteiger partial charge is 0.478 e. The van der Waals surface area contributed by atoms with Crippen LogP contribution in [0.25, 0.3) is 0 Å². The lowest BCUT2D eigenvalue weighted by molar-refractivity contribution is 0.0806. The molecule has 1 atom stereocenters. The molecule has 17 heavy (non-hydrogen) atoms. The molecule has 0 saturated carbocycles. The lowest BCUT2D eigenvalue weighted by atomic mass is 10.3. The van der Waals surface area contributed by atoms with Crippen molar-refractivity contribution in [3.05, 3.63) is 12.4 Å². The van der Waals surface area contributed by atoms with Gasteiger partial charge in [0, 0.05) is 25.2 Å². The van der Waals surface area contributed by atoms with Gasteiger partial charge in [0.1, 0.15) is 12.1 Å². The standard InChI is InChI=1S/C11H18N4O2/c1-2-17-11-5-10(14-8-15-11)13-6-9-7-16-4-3-12-9/h5,8-9,12H,2-4,6-7H2,1H3,(H,13,14,15). The van der Waals surface area contributed by atoms with E-state index in [1.807, 2.05) is 6.92 Å². The molecule has 1 aromatic rings. The summed E-state index contributed by atoms with van der Waals surface area (Å²) in [7, 11) is 0. The van der Waals surface area contributed by atoms with Gasteiger partial charge in [-0.15, -0.1) is 0 Å². The van der Waals surface area contributed by atoms with Crippen molar-refractivity contribution < 1.29 is 9.47 Å². The van der Waals surface area contributed by atoms with E-state index in [0.717, 1.165) is 32.1 Å². The van der Waals surface area contributed by atoms with Gasteiger partial charge in [0.05, 0.1) is 19.8 Å². The molecule has 6 nitrogen and oxygen atoms in total. The maximum absolute atomic E-state index is 5.37. The molecule has 1 fully saturated rings. The van der Waals surface area contributed by atoms with Crippen molar-refractivity contribution in [2.45, 2.75) is 13.0 Å². The Morgan fingerprint density at radius 3 is 3.29 bits per heavy atom. The summed E-state index contributed by atoms with van der Waals surface area (Å²) in [5, 5.41) is 6.61. The summed E-state index contributed by atoms with van der Waals surface area (Å²) < 4.78 is 10.7. The van der Waals surface area contributed by atoms with E-state index in [1.165, 1.54) is 6.33 Å². The van der Waals surface area contributed by atoms with Gasteiger partial charge in [0.2, 0.25) is 5.88 Å². The number of rotatable bonds is 5. The van der Waals surface area contributed by atoms with E-state index in [2.05, 4.69) is 20.6 Å². The molecule has 2 heterocycles. The normalized spacial score (nSPS) is 19.9. The second-order valence-electron chi connectivity index (χ2n) is 3.78. The fourth-order valence-corrected chi connectivity index (χ4v) is 1.64. The molecule has 0 radical (unpaired) electrons. The Hall–Kier alpha value is -1.40. The summed E-state index contributed by atoms with van der Waals surface area (Å²) in [6.07, 6.45) is 1.50. The van der Waals surface area contributed by atoms with Crippen molar-refractivity contribution >= 4 is 5.82 Å². The van der Waals surface area contributed by atoms with Gasteiger partial charge in [0.15, 0.2) is 0 Å². The van der Waals surface area contributed by atoms with E-state index < -0.39 is 0 Å². The van der Waals surface area contributed by atoms with E-state index in [9.17, 15) is 0 Å². The number of nitrogens with zero attached hydrogens (tertiary/aromatic N) is 2. The maximum atomic E-state index is 5.37. The second kappa shape index (κ2) is 6.36. The van der Waals surface area contributed by atoms with Gasteiger partial charge in [-0.3, -0.25) is 0 Å². The minimum Gasteiger partial charge on any atom is -0.478 e. The third-order valence-electron chi connectivity index (χ3n) is 2.46. The average molecular weight is 238 g/mol. The van der Waals surface area contributed by atoms with Crippen LogP contribution in [0.5, 0.6) is 5.88 Å². The highest BCUT2D eigenvalue weighted by atomic mass is 16.5. The Bertz CT molecular complexity index is 342. The van der Waals surface area contributed by atoms with Gasteiger partial charge in [-0.25, -0.2) is 9.97 Å². The predicted molar refractivity (Wildman–Crippen MR) is 64.3 cm³/mol. The Balaban J connectivity index is 1.83. The van der Waals surface area contributed by atoms with Crippen molar-refractivity contribution in [3.8, 4) is 5.88 Å². The molecule has 94 valence electrons. The van der Waals surface area contributed by atoms with Gasteiger partial charge >= 0.3 is 0 Å². The van der Waals surface area contributed by atoms with Crippen LogP contribution < -0.4 is 15.4 Å². The zero-order valence-electron chi connectivity index (χ0n) is 9.98. The molecular formula is C11H18N4O2. The molecule has 0 amide bonds. The molecule has 0 aliphatic carbocycles. The highest BCUT2D eigenvalue weighted by Gasteiger charge is 2.12. The van der Waals surface area contributed by atoms with E-state index in [4.69, 9.17) is 9.47 Å². The Morgan fingerprint density at radius 1 is 1.59 bits per heavy atom. The van der Waals surface area contributed by atoms with Crippen LogP contribution in [-0.2, 0) is 4.74 Å². The lowest BCUT2D eigenvalue weighted by Gasteiger charge is -2.24. The minimum atomic E-state index is 0.328. The molecular weight excluding hydrogens is 220 g/mol. The lowest BCUT2D eigenvalue weighted by Crippen LogP contribution is -2.45. The van der Waals surface area contributed by atoms with Crippen LogP contribution in [0.15, 0.2) is 12.4 Å². The predicted octanol–water partition coefficient (Wildman–Crippen LogP) is 0.276. The van der Waals surface area contributed by atoms with Crippen LogP contribution >= 0.6 is 0 Å². The molecule has 1 aliphatic rings. The first-order valence-electron chi connectivity index (χ1n) is 5.88. The summed E-state index contributed by atoms with van der Waals surface area (Å²) in [6.45, 7) is 5.74. The number of anilines is 1. The quantitative estimate of drug-likeness (QED) is 0.767. The zero-order chi connectivity index (χ0) is 11.9. The van der Waals surface area contributed by atoms with Crippen LogP contribution in [0.3, 0.4) is 0 Å². The third-order valence-corrected chi connectivity index (χ3v) is 2.46. The first kappa shape index (κ1) is 12.1. The minimum absolute atomic E-state index is 0.328. The molecule has 6 heteroatoms. The highest BCUT2D eigenvalue weighted by Crippen LogP contribution is 2.10. The summed E-state index contributed by atoms with van der Waals surface area (Å²) in [6, 6.07) is 2.13. The number of nitrogens with one attached hydrogen (secondary N) is 2. The average Bonchev–Trinajstić information content (AvgIpc) is 2.39. The van der Waals surface area contributed by atoms with Gasteiger partial charge < -0.3 is 20.1 Å². The van der Waals surface area contributed by atoms with Crippen molar-refractivity contribution in [2.75, 3.05) is 38.2 Å². The van der Waals surface area contributed by atoms with Crippen molar-refractivity contribution in [2.24, 2.45) is 0 Å². The second-order valence-corrected chi connectivity index (χ2v) is 3.78. The molecule has 2 rings (SSSR count). The maximum Gasteiger partial charge on any atom is 0.218 e. The summed E-state index contributed by atoms with van der Waals surface area (Å²) in [5.74, 6) is 1.37. The number of hydrogen-bond donors (Lipinski definition) is 2. The SMILES string of the molecule is CCOc1cc(NCC2COCCN2)ncn1. The summed E-state index contributed by atoms with van der Waals surface area (Å²) >= 11 is 0. The highest BCUT2D eigenvalue weighted by molar-refractivity contribution is 5.37. The molecule has 1 aliphatic heterocycles. The molecule has 1 saturated heterocycles. The van der Waals surface area contributed by atoms with Crippen LogP contribution in [0.1, 0.15) is 6.92 Å². The van der Waals surface area contributed by atoms with Crippen LogP contribution in [0.4, 0.5) is 5.82 Å². The van der Waals surface area contributed by atoms with E-state index in [1.54, 1.807) is 6.07 Å². The summed E-state index contributed by atoms with van der Waals surface area (Å²) in [4.78, 5) is 8.15. The Morgan fingerprint density at radius 2 is 2.53 bits per heavy atom. The van der Waals surface area contributed by atoms with Gasteiger partial charge in [-0.05, 0) is 6.92 Å². The Labute approximate surface area is 101 Å². The molecule has 0 bridgehead atoms. The number of hydrogen-bond acceptors (Lipinski definition) is 6. The first-order chi connectivity index (χ1) is 8.38. The number of morpholine rings is 1. The number of ether oxygens (including phenoxy) is 2. The molecule has 0 aromatic carbocycles. The molecule has 1 aromatic heterocycles. The van der Waals surface area contributed by atoms with Crippen molar-refractivity contribution in [1.29, 1.82) is 0 Å². The Kier molecular flexibility index (Phi) is 4.52. The number of aromatic nitrogens is 2. The fourth-order valence-electron chi connectivity index (χ4n) is 1.64. The van der Waals surface area contributed by atoms with Crippen LogP contribution in [-0.4, -0.2) is 48.9 Å². The first-order valence-corrected chi connectivity index (χ1v) is 5.88. The molecule has 1 unspecified atom stereocenters. The van der Waals surface area contributed by atoms with Gasteiger partial charge in [0.25, 0.3) is 0 Å². The van der Waals surface area contributed by atoms with Crippen molar-refractivity contribution in [1.82, 2.24) is 15.3 Å². The topological polar surface area (TPSA) is 68.3 Å². The monoisotopic (exact) mass is 238 g/mol.